The number of nitrogens with one attached hydrogen (secondary N) is 3. The van der Waals surface area contributed by atoms with Crippen molar-refractivity contribution in [2.45, 2.75) is 46.5 Å². The van der Waals surface area contributed by atoms with Gasteiger partial charge in [-0.3, -0.25) is 9.89 Å². The molecule has 0 radical (unpaired) electrons. The minimum atomic E-state index is -0.773. The summed E-state index contributed by atoms with van der Waals surface area (Å²) in [6.45, 7) is 6.22. The first-order valence-electron chi connectivity index (χ1n) is 7.22. The lowest BCUT2D eigenvalue weighted by Gasteiger charge is -2.14. The minimum Gasteiger partial charge on any atom is -0.481 e. The molecule has 1 atom stereocenters. The number of aliphatic carboxylic acids is 1. The quantitative estimate of drug-likeness (QED) is 0.591. The van der Waals surface area contributed by atoms with E-state index >= 15 is 0 Å². The van der Waals surface area contributed by atoms with Gasteiger partial charge < -0.3 is 15.7 Å². The van der Waals surface area contributed by atoms with Crippen LogP contribution in [0.4, 0.5) is 10.5 Å². The van der Waals surface area contributed by atoms with Gasteiger partial charge in [0.15, 0.2) is 0 Å². The fourth-order valence-electron chi connectivity index (χ4n) is 2.16. The van der Waals surface area contributed by atoms with Gasteiger partial charge in [0, 0.05) is 13.0 Å². The summed E-state index contributed by atoms with van der Waals surface area (Å²) in [6.07, 6.45) is 2.52. The zero-order valence-electron chi connectivity index (χ0n) is 12.8. The van der Waals surface area contributed by atoms with Gasteiger partial charge in [-0.1, -0.05) is 13.3 Å². The summed E-state index contributed by atoms with van der Waals surface area (Å²) in [5, 5.41) is 21.0. The first kappa shape index (κ1) is 17.0. The third-order valence-electron chi connectivity index (χ3n) is 3.55. The molecule has 0 spiro atoms. The summed E-state index contributed by atoms with van der Waals surface area (Å²) in [5.41, 5.74) is 2.26. The Labute approximate surface area is 124 Å². The predicted octanol–water partition coefficient (Wildman–Crippen LogP) is 2.43. The van der Waals surface area contributed by atoms with E-state index in [1.54, 1.807) is 0 Å². The van der Waals surface area contributed by atoms with Crippen molar-refractivity contribution in [3.05, 3.63) is 11.4 Å². The Morgan fingerprint density at radius 2 is 2.05 bits per heavy atom. The second kappa shape index (κ2) is 8.28. The molecule has 1 aromatic heterocycles. The number of aromatic amines is 1. The molecule has 1 unspecified atom stereocenters. The number of urea groups is 1. The van der Waals surface area contributed by atoms with Crippen molar-refractivity contribution in [3.8, 4) is 0 Å². The molecule has 0 fully saturated rings. The second-order valence-corrected chi connectivity index (χ2v) is 5.19. The van der Waals surface area contributed by atoms with Crippen molar-refractivity contribution in [3.63, 3.8) is 0 Å². The topological polar surface area (TPSA) is 107 Å². The summed E-state index contributed by atoms with van der Waals surface area (Å²) in [7, 11) is 0. The van der Waals surface area contributed by atoms with Gasteiger partial charge in [-0.2, -0.15) is 5.10 Å². The molecule has 0 aliphatic heterocycles. The third kappa shape index (κ3) is 5.85. The molecule has 0 saturated carbocycles. The van der Waals surface area contributed by atoms with Crippen molar-refractivity contribution in [1.82, 2.24) is 15.5 Å². The van der Waals surface area contributed by atoms with Gasteiger partial charge in [-0.15, -0.1) is 0 Å². The standard InChI is InChI=1S/C14H24N4O3/c1-4-11(5-6-12(19)20)7-8-15-14(21)16-13-9(2)17-18-10(13)3/h11H,4-8H2,1-3H3,(H,17,18)(H,19,20)(H2,15,16,21). The van der Waals surface area contributed by atoms with Gasteiger partial charge in [0.05, 0.1) is 17.1 Å². The maximum atomic E-state index is 11.8. The van der Waals surface area contributed by atoms with E-state index in [2.05, 4.69) is 20.8 Å². The average molecular weight is 296 g/mol. The predicted molar refractivity (Wildman–Crippen MR) is 80.4 cm³/mol. The number of nitrogens with zero attached hydrogens (tertiary/aromatic N) is 1. The molecule has 0 saturated heterocycles. The molecule has 7 heteroatoms. The van der Waals surface area contributed by atoms with Crippen molar-refractivity contribution in [2.24, 2.45) is 5.92 Å². The number of carboxylic acids is 1. The average Bonchev–Trinajstić information content (AvgIpc) is 2.74. The summed E-state index contributed by atoms with van der Waals surface area (Å²) in [5.74, 6) is -0.455. The molecular weight excluding hydrogens is 272 g/mol. The first-order chi connectivity index (χ1) is 9.93. The van der Waals surface area contributed by atoms with Crippen LogP contribution in [0.2, 0.25) is 0 Å². The van der Waals surface area contributed by atoms with Crippen LogP contribution >= 0.6 is 0 Å². The van der Waals surface area contributed by atoms with Crippen LogP contribution < -0.4 is 10.6 Å². The van der Waals surface area contributed by atoms with E-state index in [0.29, 0.717) is 24.6 Å². The highest BCUT2D eigenvalue weighted by Gasteiger charge is 2.12. The fraction of sp³-hybridized carbons (Fsp3) is 0.643. The minimum absolute atomic E-state index is 0.179. The number of hydrogen-bond acceptors (Lipinski definition) is 3. The normalized spacial score (nSPS) is 12.0. The van der Waals surface area contributed by atoms with E-state index in [9.17, 15) is 9.59 Å². The Morgan fingerprint density at radius 1 is 1.33 bits per heavy atom. The van der Waals surface area contributed by atoms with Crippen LogP contribution in [0.25, 0.3) is 0 Å². The largest absolute Gasteiger partial charge is 0.481 e. The summed E-state index contributed by atoms with van der Waals surface area (Å²) < 4.78 is 0. The maximum Gasteiger partial charge on any atom is 0.319 e. The number of carboxylic acid groups (broad SMARTS) is 1. The zero-order chi connectivity index (χ0) is 15.8. The van der Waals surface area contributed by atoms with Crippen molar-refractivity contribution < 1.29 is 14.7 Å². The van der Waals surface area contributed by atoms with Crippen LogP contribution in [0, 0.1) is 19.8 Å². The smallest absolute Gasteiger partial charge is 0.319 e. The fourth-order valence-corrected chi connectivity index (χ4v) is 2.16. The van der Waals surface area contributed by atoms with E-state index in [0.717, 1.165) is 24.2 Å². The second-order valence-electron chi connectivity index (χ2n) is 5.19. The van der Waals surface area contributed by atoms with E-state index in [1.165, 1.54) is 0 Å². The summed E-state index contributed by atoms with van der Waals surface area (Å²) >= 11 is 0. The monoisotopic (exact) mass is 296 g/mol. The van der Waals surface area contributed by atoms with Gasteiger partial charge in [0.1, 0.15) is 0 Å². The Morgan fingerprint density at radius 3 is 2.57 bits per heavy atom. The van der Waals surface area contributed by atoms with Gasteiger partial charge in [0.2, 0.25) is 0 Å². The van der Waals surface area contributed by atoms with Crippen LogP contribution in [0.3, 0.4) is 0 Å². The van der Waals surface area contributed by atoms with Crippen LogP contribution in [0.1, 0.15) is 44.0 Å². The zero-order valence-corrected chi connectivity index (χ0v) is 12.8. The molecular formula is C14H24N4O3. The highest BCUT2D eigenvalue weighted by molar-refractivity contribution is 5.90. The Kier molecular flexibility index (Phi) is 6.71. The van der Waals surface area contributed by atoms with Crippen LogP contribution in [-0.2, 0) is 4.79 Å². The maximum absolute atomic E-state index is 11.8. The third-order valence-corrected chi connectivity index (χ3v) is 3.55. The van der Waals surface area contributed by atoms with Crippen LogP contribution in [0.5, 0.6) is 0 Å². The lowest BCUT2D eigenvalue weighted by atomic mass is 9.97. The number of rotatable bonds is 8. The number of H-pyrrole nitrogens is 1. The lowest BCUT2D eigenvalue weighted by molar-refractivity contribution is -0.137. The van der Waals surface area contributed by atoms with Crippen molar-refractivity contribution >= 4 is 17.7 Å². The number of carbonyl (C=O) groups is 2. The van der Waals surface area contributed by atoms with E-state index in [4.69, 9.17) is 5.11 Å². The number of amides is 2. The van der Waals surface area contributed by atoms with Crippen LogP contribution in [0.15, 0.2) is 0 Å². The molecule has 7 nitrogen and oxygen atoms in total. The van der Waals surface area contributed by atoms with E-state index < -0.39 is 5.97 Å². The van der Waals surface area contributed by atoms with Crippen molar-refractivity contribution in [1.29, 1.82) is 0 Å². The van der Waals surface area contributed by atoms with E-state index in [-0.39, 0.29) is 12.5 Å². The molecule has 0 aromatic carbocycles. The summed E-state index contributed by atoms with van der Waals surface area (Å²) in [6, 6.07) is -0.268. The number of anilines is 1. The Hall–Kier alpha value is -2.05. The number of hydrogen-bond donors (Lipinski definition) is 4. The highest BCUT2D eigenvalue weighted by atomic mass is 16.4. The molecule has 1 aromatic rings. The van der Waals surface area contributed by atoms with Gasteiger partial charge in [-0.25, -0.2) is 4.79 Å². The van der Waals surface area contributed by atoms with Crippen molar-refractivity contribution in [2.75, 3.05) is 11.9 Å². The molecule has 0 bridgehead atoms. The number of aromatic nitrogens is 2. The number of carbonyl (C=O) groups excluding carboxylic acids is 1. The molecule has 0 aliphatic carbocycles. The Balaban J connectivity index is 2.31. The van der Waals surface area contributed by atoms with Crippen LogP contribution in [-0.4, -0.2) is 33.8 Å². The van der Waals surface area contributed by atoms with Gasteiger partial charge in [0.25, 0.3) is 0 Å². The van der Waals surface area contributed by atoms with Gasteiger partial charge >= 0.3 is 12.0 Å². The molecule has 0 aliphatic rings. The molecule has 21 heavy (non-hydrogen) atoms. The SMILES string of the molecule is CCC(CCNC(=O)Nc1c(C)n[nH]c1C)CCC(=O)O. The molecule has 1 rings (SSSR count). The molecule has 2 amide bonds. The van der Waals surface area contributed by atoms with E-state index in [1.807, 2.05) is 20.8 Å². The Bertz CT molecular complexity index is 465. The lowest BCUT2D eigenvalue weighted by Crippen LogP contribution is -2.30. The highest BCUT2D eigenvalue weighted by Crippen LogP contribution is 2.16. The molecule has 1 heterocycles. The first-order valence-corrected chi connectivity index (χ1v) is 7.22. The summed E-state index contributed by atoms with van der Waals surface area (Å²) in [4.78, 5) is 22.3. The van der Waals surface area contributed by atoms with Gasteiger partial charge in [-0.05, 0) is 32.6 Å². The number of aryl methyl sites for hydroxylation is 2. The molecule has 4 N–H and O–H groups in total. The molecule has 118 valence electrons.